The van der Waals surface area contributed by atoms with Crippen LogP contribution in [0.5, 0.6) is 5.88 Å². The highest BCUT2D eigenvalue weighted by molar-refractivity contribution is 7.91. The third-order valence-corrected chi connectivity index (χ3v) is 5.51. The van der Waals surface area contributed by atoms with Gasteiger partial charge in [-0.25, -0.2) is 13.4 Å². The van der Waals surface area contributed by atoms with Crippen LogP contribution in [0.3, 0.4) is 0 Å². The van der Waals surface area contributed by atoms with Gasteiger partial charge in [-0.3, -0.25) is 4.79 Å². The van der Waals surface area contributed by atoms with E-state index < -0.39 is 21.3 Å². The summed E-state index contributed by atoms with van der Waals surface area (Å²) < 4.78 is 28.4. The Hall–Kier alpha value is -1.60. The number of nitrogens with one attached hydrogen (secondary N) is 1. The molecule has 8 heteroatoms. The second kappa shape index (κ2) is 6.26. The summed E-state index contributed by atoms with van der Waals surface area (Å²) >= 11 is 5.99. The lowest BCUT2D eigenvalue weighted by Gasteiger charge is -2.23. The number of pyridine rings is 1. The zero-order chi connectivity index (χ0) is 16.4. The molecule has 1 N–H and O–H groups in total. The van der Waals surface area contributed by atoms with Crippen molar-refractivity contribution in [1.82, 2.24) is 10.3 Å². The molecule has 22 heavy (non-hydrogen) atoms. The maximum Gasteiger partial charge on any atom is 0.272 e. The number of amides is 1. The molecule has 2 rings (SSSR count). The van der Waals surface area contributed by atoms with Gasteiger partial charge in [0.15, 0.2) is 15.5 Å². The number of carbonyl (C=O) groups is 1. The minimum atomic E-state index is -3.12. The van der Waals surface area contributed by atoms with Gasteiger partial charge >= 0.3 is 0 Å². The number of sulfone groups is 1. The topological polar surface area (TPSA) is 85.4 Å². The minimum Gasteiger partial charge on any atom is -0.473 e. The summed E-state index contributed by atoms with van der Waals surface area (Å²) in [5.41, 5.74) is -0.799. The first-order valence-corrected chi connectivity index (χ1v) is 8.88. The van der Waals surface area contributed by atoms with Gasteiger partial charge in [0, 0.05) is 6.07 Å². The van der Waals surface area contributed by atoms with Crippen LogP contribution in [0.15, 0.2) is 24.8 Å². The van der Waals surface area contributed by atoms with Crippen molar-refractivity contribution in [3.8, 4) is 5.88 Å². The van der Waals surface area contributed by atoms with Gasteiger partial charge < -0.3 is 10.1 Å². The fraction of sp³-hybridized carbons (Fsp3) is 0.429. The molecule has 0 bridgehead atoms. The van der Waals surface area contributed by atoms with E-state index in [2.05, 4.69) is 16.9 Å². The van der Waals surface area contributed by atoms with E-state index in [9.17, 15) is 13.2 Å². The van der Waals surface area contributed by atoms with Gasteiger partial charge in [0.05, 0.1) is 22.1 Å². The second-order valence-electron chi connectivity index (χ2n) is 5.44. The molecular formula is C14H17ClN2O4S. The third-order valence-electron chi connectivity index (χ3n) is 3.30. The zero-order valence-electron chi connectivity index (χ0n) is 12.1. The first kappa shape index (κ1) is 16.8. The highest BCUT2D eigenvalue weighted by atomic mass is 35.5. The van der Waals surface area contributed by atoms with Crippen molar-refractivity contribution in [2.24, 2.45) is 0 Å². The Morgan fingerprint density at radius 3 is 2.91 bits per heavy atom. The van der Waals surface area contributed by atoms with Gasteiger partial charge in [0.2, 0.25) is 5.88 Å². The quantitative estimate of drug-likeness (QED) is 0.820. The summed E-state index contributed by atoms with van der Waals surface area (Å²) in [6.07, 6.45) is 1.92. The predicted molar refractivity (Wildman–Crippen MR) is 84.1 cm³/mol. The highest BCUT2D eigenvalue weighted by Crippen LogP contribution is 2.24. The maximum atomic E-state index is 12.3. The Bertz CT molecular complexity index is 705. The molecular weight excluding hydrogens is 328 g/mol. The van der Waals surface area contributed by atoms with E-state index in [-0.39, 0.29) is 34.7 Å². The van der Waals surface area contributed by atoms with Crippen LogP contribution in [0.4, 0.5) is 0 Å². The molecule has 1 unspecified atom stereocenters. The van der Waals surface area contributed by atoms with Gasteiger partial charge in [-0.05, 0) is 19.4 Å². The van der Waals surface area contributed by atoms with Crippen molar-refractivity contribution in [3.63, 3.8) is 0 Å². The van der Waals surface area contributed by atoms with E-state index in [0.29, 0.717) is 6.42 Å². The summed E-state index contributed by atoms with van der Waals surface area (Å²) in [5, 5.41) is 2.88. The lowest BCUT2D eigenvalue weighted by atomic mass is 10.0. The standard InChI is InChI=1S/C14H17ClN2O4S/c1-3-7-21-11-5-4-10(15)12(16-11)13(18)17-14(2)6-8-22(19,20)9-14/h3-5H,1,6-9H2,2H3,(H,17,18). The first-order valence-electron chi connectivity index (χ1n) is 6.68. The molecule has 0 aromatic carbocycles. The summed E-state index contributed by atoms with van der Waals surface area (Å²) in [7, 11) is -3.12. The average Bonchev–Trinajstić information content (AvgIpc) is 2.71. The normalized spacial score (nSPS) is 23.0. The first-order chi connectivity index (χ1) is 10.2. The molecule has 1 aromatic rings. The van der Waals surface area contributed by atoms with Crippen molar-refractivity contribution in [2.75, 3.05) is 18.1 Å². The predicted octanol–water partition coefficient (Wildman–Crippen LogP) is 1.61. The number of halogens is 1. The fourth-order valence-corrected chi connectivity index (χ4v) is 4.53. The van der Waals surface area contributed by atoms with E-state index in [1.807, 2.05) is 0 Å². The Morgan fingerprint density at radius 1 is 1.59 bits per heavy atom. The summed E-state index contributed by atoms with van der Waals surface area (Å²) in [4.78, 5) is 16.4. The molecule has 120 valence electrons. The molecule has 0 saturated carbocycles. The minimum absolute atomic E-state index is 0.00810. The van der Waals surface area contributed by atoms with Gasteiger partial charge in [-0.1, -0.05) is 24.3 Å². The van der Waals surface area contributed by atoms with E-state index in [0.717, 1.165) is 0 Å². The monoisotopic (exact) mass is 344 g/mol. The molecule has 1 atom stereocenters. The van der Waals surface area contributed by atoms with Gasteiger partial charge in [0.25, 0.3) is 5.91 Å². The van der Waals surface area contributed by atoms with Crippen LogP contribution in [0, 0.1) is 0 Å². The van der Waals surface area contributed by atoms with Crippen molar-refractivity contribution in [3.05, 3.63) is 35.5 Å². The third kappa shape index (κ3) is 3.98. The Labute approximate surface area is 134 Å². The van der Waals surface area contributed by atoms with Crippen LogP contribution in [-0.2, 0) is 9.84 Å². The number of hydrogen-bond donors (Lipinski definition) is 1. The molecule has 1 amide bonds. The lowest BCUT2D eigenvalue weighted by Crippen LogP contribution is -2.47. The van der Waals surface area contributed by atoms with E-state index in [1.165, 1.54) is 6.07 Å². The van der Waals surface area contributed by atoms with Crippen LogP contribution in [0.25, 0.3) is 0 Å². The molecule has 1 saturated heterocycles. The Balaban J connectivity index is 2.17. The summed E-state index contributed by atoms with van der Waals surface area (Å²) in [5.74, 6) is -0.295. The summed E-state index contributed by atoms with van der Waals surface area (Å²) in [6.45, 7) is 5.48. The Morgan fingerprint density at radius 2 is 2.32 bits per heavy atom. The molecule has 1 aliphatic heterocycles. The molecule has 1 aromatic heterocycles. The highest BCUT2D eigenvalue weighted by Gasteiger charge is 2.40. The van der Waals surface area contributed by atoms with Gasteiger partial charge in [0.1, 0.15) is 6.61 Å². The van der Waals surface area contributed by atoms with Crippen LogP contribution >= 0.6 is 11.6 Å². The maximum absolute atomic E-state index is 12.3. The van der Waals surface area contributed by atoms with Crippen molar-refractivity contribution < 1.29 is 17.9 Å². The van der Waals surface area contributed by atoms with Crippen molar-refractivity contribution in [1.29, 1.82) is 0 Å². The smallest absolute Gasteiger partial charge is 0.272 e. The largest absolute Gasteiger partial charge is 0.473 e. The molecule has 0 aliphatic carbocycles. The molecule has 6 nitrogen and oxygen atoms in total. The van der Waals surface area contributed by atoms with Crippen molar-refractivity contribution >= 4 is 27.3 Å². The van der Waals surface area contributed by atoms with Crippen LogP contribution in [0.2, 0.25) is 5.02 Å². The molecule has 0 radical (unpaired) electrons. The van der Waals surface area contributed by atoms with E-state index in [4.69, 9.17) is 16.3 Å². The summed E-state index contributed by atoms with van der Waals surface area (Å²) in [6, 6.07) is 3.06. The second-order valence-corrected chi connectivity index (χ2v) is 8.03. The number of aromatic nitrogens is 1. The SMILES string of the molecule is C=CCOc1ccc(Cl)c(C(=O)NC2(C)CCS(=O)(=O)C2)n1. The number of carbonyl (C=O) groups excluding carboxylic acids is 1. The van der Waals surface area contributed by atoms with Crippen LogP contribution < -0.4 is 10.1 Å². The lowest BCUT2D eigenvalue weighted by molar-refractivity contribution is 0.0909. The van der Waals surface area contributed by atoms with Crippen LogP contribution in [0.1, 0.15) is 23.8 Å². The van der Waals surface area contributed by atoms with Crippen LogP contribution in [-0.4, -0.2) is 43.0 Å². The molecule has 0 spiro atoms. The van der Waals surface area contributed by atoms with Gasteiger partial charge in [-0.15, -0.1) is 0 Å². The number of hydrogen-bond acceptors (Lipinski definition) is 5. The van der Waals surface area contributed by atoms with Gasteiger partial charge in [-0.2, -0.15) is 0 Å². The molecule has 1 fully saturated rings. The molecule has 1 aliphatic rings. The van der Waals surface area contributed by atoms with Crippen molar-refractivity contribution in [2.45, 2.75) is 18.9 Å². The fourth-order valence-electron chi connectivity index (χ4n) is 2.25. The average molecular weight is 345 g/mol. The number of rotatable bonds is 5. The number of ether oxygens (including phenoxy) is 1. The van der Waals surface area contributed by atoms with E-state index in [1.54, 1.807) is 19.1 Å². The molecule has 2 heterocycles. The zero-order valence-corrected chi connectivity index (χ0v) is 13.7. The van der Waals surface area contributed by atoms with E-state index >= 15 is 0 Å². The number of nitrogens with zero attached hydrogens (tertiary/aromatic N) is 1. The Kier molecular flexibility index (Phi) is 4.77.